The third-order valence-corrected chi connectivity index (χ3v) is 1.20. The summed E-state index contributed by atoms with van der Waals surface area (Å²) in [5.41, 5.74) is 0. The third-order valence-electron chi connectivity index (χ3n) is 1.20. The summed E-state index contributed by atoms with van der Waals surface area (Å²) in [5.74, 6) is 0. The van der Waals surface area contributed by atoms with E-state index in [4.69, 9.17) is 0 Å². The predicted molar refractivity (Wildman–Crippen MR) is 31.2 cm³/mol. The van der Waals surface area contributed by atoms with Crippen molar-refractivity contribution in [1.82, 2.24) is 5.32 Å². The van der Waals surface area contributed by atoms with Crippen LogP contribution in [0, 0.1) is 0 Å². The lowest BCUT2D eigenvalue weighted by atomic mass is 10.2. The molecule has 1 heterocycles. The van der Waals surface area contributed by atoms with E-state index in [1.54, 1.807) is 0 Å². The molecule has 0 unspecified atom stereocenters. The van der Waals surface area contributed by atoms with Crippen LogP contribution in [0.5, 0.6) is 0 Å². The third kappa shape index (κ3) is 1.32. The van der Waals surface area contributed by atoms with Crippen LogP contribution in [0.2, 0.25) is 0 Å². The second kappa shape index (κ2) is 2.12. The standard InChI is InChI=1S/C6H11N/c1-6-4-2-3-5-7-6/h2,4,6-7H,3,5H2,1H3/t6-/m1/s1. The Balaban J connectivity index is 2.36. The Labute approximate surface area is 44.4 Å². The quantitative estimate of drug-likeness (QED) is 0.443. The van der Waals surface area contributed by atoms with Crippen LogP contribution in [0.15, 0.2) is 12.2 Å². The predicted octanol–water partition coefficient (Wildman–Crippen LogP) is 0.924. The summed E-state index contributed by atoms with van der Waals surface area (Å²) in [5, 5.41) is 3.30. The zero-order valence-electron chi connectivity index (χ0n) is 4.65. The molecule has 0 aliphatic carbocycles. The van der Waals surface area contributed by atoms with Gasteiger partial charge in [-0.05, 0) is 19.9 Å². The van der Waals surface area contributed by atoms with Gasteiger partial charge in [0.25, 0.3) is 0 Å². The molecular formula is C6H11N. The van der Waals surface area contributed by atoms with Crippen LogP contribution in [0.1, 0.15) is 13.3 Å². The van der Waals surface area contributed by atoms with Crippen LogP contribution in [-0.2, 0) is 0 Å². The van der Waals surface area contributed by atoms with Gasteiger partial charge in [-0.3, -0.25) is 0 Å². The van der Waals surface area contributed by atoms with E-state index in [1.165, 1.54) is 6.42 Å². The summed E-state index contributed by atoms with van der Waals surface area (Å²) >= 11 is 0. The normalized spacial score (nSPS) is 30.7. The molecule has 1 aliphatic heterocycles. The topological polar surface area (TPSA) is 12.0 Å². The number of nitrogens with one attached hydrogen (secondary N) is 1. The molecule has 7 heavy (non-hydrogen) atoms. The monoisotopic (exact) mass is 97.1 g/mol. The van der Waals surface area contributed by atoms with Crippen molar-refractivity contribution in [1.29, 1.82) is 0 Å². The summed E-state index contributed by atoms with van der Waals surface area (Å²) in [4.78, 5) is 0. The van der Waals surface area contributed by atoms with Crippen molar-refractivity contribution in [3.63, 3.8) is 0 Å². The van der Waals surface area contributed by atoms with Gasteiger partial charge in [0.05, 0.1) is 0 Å². The van der Waals surface area contributed by atoms with Crippen molar-refractivity contribution in [3.05, 3.63) is 12.2 Å². The molecular weight excluding hydrogens is 86.1 g/mol. The fraction of sp³-hybridized carbons (Fsp3) is 0.667. The van der Waals surface area contributed by atoms with Crippen LogP contribution in [0.4, 0.5) is 0 Å². The van der Waals surface area contributed by atoms with Crippen molar-refractivity contribution >= 4 is 0 Å². The van der Waals surface area contributed by atoms with Crippen LogP contribution < -0.4 is 5.32 Å². The molecule has 0 aromatic rings. The van der Waals surface area contributed by atoms with E-state index in [1.807, 2.05) is 0 Å². The Bertz CT molecular complexity index is 76.2. The average molecular weight is 97.2 g/mol. The number of hydrogen-bond acceptors (Lipinski definition) is 1. The fourth-order valence-electron chi connectivity index (χ4n) is 0.763. The summed E-state index contributed by atoms with van der Waals surface area (Å²) in [6, 6.07) is 0.605. The van der Waals surface area contributed by atoms with Crippen molar-refractivity contribution in [2.75, 3.05) is 6.54 Å². The van der Waals surface area contributed by atoms with Gasteiger partial charge >= 0.3 is 0 Å². The maximum absolute atomic E-state index is 3.30. The van der Waals surface area contributed by atoms with Gasteiger partial charge in [-0.2, -0.15) is 0 Å². The zero-order chi connectivity index (χ0) is 5.11. The SMILES string of the molecule is C[C@@H]1C=CCCN1. The highest BCUT2D eigenvalue weighted by Crippen LogP contribution is 1.93. The minimum atomic E-state index is 0.605. The second-order valence-electron chi connectivity index (χ2n) is 1.96. The van der Waals surface area contributed by atoms with Crippen LogP contribution in [0.25, 0.3) is 0 Å². The van der Waals surface area contributed by atoms with Crippen molar-refractivity contribution < 1.29 is 0 Å². The van der Waals surface area contributed by atoms with E-state index in [0.717, 1.165) is 6.54 Å². The summed E-state index contributed by atoms with van der Waals surface area (Å²) < 4.78 is 0. The summed E-state index contributed by atoms with van der Waals surface area (Å²) in [6.07, 6.45) is 5.62. The smallest absolute Gasteiger partial charge is 0.0221 e. The lowest BCUT2D eigenvalue weighted by Crippen LogP contribution is -2.27. The maximum Gasteiger partial charge on any atom is 0.0221 e. The van der Waals surface area contributed by atoms with Gasteiger partial charge in [0.2, 0.25) is 0 Å². The summed E-state index contributed by atoms with van der Waals surface area (Å²) in [7, 11) is 0. The lowest BCUT2D eigenvalue weighted by Gasteiger charge is -2.11. The van der Waals surface area contributed by atoms with Gasteiger partial charge in [0, 0.05) is 6.04 Å². The first-order valence-electron chi connectivity index (χ1n) is 2.79. The Kier molecular flexibility index (Phi) is 1.47. The van der Waals surface area contributed by atoms with Crippen molar-refractivity contribution in [2.45, 2.75) is 19.4 Å². The Hall–Kier alpha value is -0.300. The van der Waals surface area contributed by atoms with E-state index in [2.05, 4.69) is 24.4 Å². The second-order valence-corrected chi connectivity index (χ2v) is 1.96. The molecule has 0 aromatic carbocycles. The van der Waals surface area contributed by atoms with Crippen molar-refractivity contribution in [2.24, 2.45) is 0 Å². The number of rotatable bonds is 0. The fourth-order valence-corrected chi connectivity index (χ4v) is 0.763. The highest BCUT2D eigenvalue weighted by molar-refractivity contribution is 4.95. The average Bonchev–Trinajstić information content (AvgIpc) is 1.69. The van der Waals surface area contributed by atoms with Gasteiger partial charge in [-0.1, -0.05) is 12.2 Å². The first-order chi connectivity index (χ1) is 3.39. The highest BCUT2D eigenvalue weighted by Gasteiger charge is 1.96. The molecule has 0 spiro atoms. The first kappa shape index (κ1) is 4.85. The van der Waals surface area contributed by atoms with Crippen LogP contribution >= 0.6 is 0 Å². The molecule has 0 aromatic heterocycles. The van der Waals surface area contributed by atoms with Gasteiger partial charge < -0.3 is 5.32 Å². The molecule has 40 valence electrons. The molecule has 1 N–H and O–H groups in total. The van der Waals surface area contributed by atoms with Gasteiger partial charge in [0.1, 0.15) is 0 Å². The number of hydrogen-bond donors (Lipinski definition) is 1. The molecule has 1 aliphatic rings. The maximum atomic E-state index is 3.30. The van der Waals surface area contributed by atoms with Gasteiger partial charge in [0.15, 0.2) is 0 Å². The molecule has 0 bridgehead atoms. The molecule has 1 atom stereocenters. The molecule has 0 radical (unpaired) electrons. The first-order valence-corrected chi connectivity index (χ1v) is 2.79. The van der Waals surface area contributed by atoms with E-state index in [9.17, 15) is 0 Å². The van der Waals surface area contributed by atoms with Crippen LogP contribution in [0.3, 0.4) is 0 Å². The summed E-state index contributed by atoms with van der Waals surface area (Å²) in [6.45, 7) is 3.31. The van der Waals surface area contributed by atoms with E-state index in [0.29, 0.717) is 6.04 Å². The van der Waals surface area contributed by atoms with E-state index < -0.39 is 0 Å². The molecule has 1 rings (SSSR count). The molecule has 0 fully saturated rings. The van der Waals surface area contributed by atoms with E-state index >= 15 is 0 Å². The Morgan fingerprint density at radius 1 is 1.71 bits per heavy atom. The molecule has 1 heteroatoms. The lowest BCUT2D eigenvalue weighted by molar-refractivity contribution is 0.613. The Morgan fingerprint density at radius 3 is 2.86 bits per heavy atom. The highest BCUT2D eigenvalue weighted by atomic mass is 14.9. The largest absolute Gasteiger partial charge is 0.310 e. The van der Waals surface area contributed by atoms with Crippen LogP contribution in [-0.4, -0.2) is 12.6 Å². The molecule has 1 nitrogen and oxygen atoms in total. The minimum Gasteiger partial charge on any atom is -0.310 e. The molecule has 0 amide bonds. The van der Waals surface area contributed by atoms with E-state index in [-0.39, 0.29) is 0 Å². The van der Waals surface area contributed by atoms with Crippen molar-refractivity contribution in [3.8, 4) is 0 Å². The minimum absolute atomic E-state index is 0.605. The van der Waals surface area contributed by atoms with Gasteiger partial charge in [-0.25, -0.2) is 0 Å². The molecule has 0 saturated heterocycles. The van der Waals surface area contributed by atoms with Gasteiger partial charge in [-0.15, -0.1) is 0 Å². The Morgan fingerprint density at radius 2 is 2.57 bits per heavy atom. The zero-order valence-corrected chi connectivity index (χ0v) is 4.65. The molecule has 0 saturated carbocycles.